The largest absolute Gasteiger partial charge is 0.303 e. The fraction of sp³-hybridized carbons (Fsp3) is 0.643. The molecule has 0 radical (unpaired) electrons. The van der Waals surface area contributed by atoms with Gasteiger partial charge in [-0.3, -0.25) is 9.36 Å². The van der Waals surface area contributed by atoms with E-state index in [1.54, 1.807) is 0 Å². The second kappa shape index (κ2) is 5.01. The minimum Gasteiger partial charge on any atom is -0.303 e. The van der Waals surface area contributed by atoms with Gasteiger partial charge in [0.25, 0.3) is 0 Å². The Morgan fingerprint density at radius 2 is 2.10 bits per heavy atom. The molecule has 1 N–H and O–H groups in total. The predicted molar refractivity (Wildman–Crippen MR) is 76.2 cm³/mol. The van der Waals surface area contributed by atoms with Crippen LogP contribution in [0.3, 0.4) is 0 Å². The van der Waals surface area contributed by atoms with E-state index in [-0.39, 0.29) is 6.04 Å². The molecule has 108 valence electrons. The van der Waals surface area contributed by atoms with Crippen LogP contribution < -0.4 is 5.32 Å². The first kappa shape index (κ1) is 13.3. The van der Waals surface area contributed by atoms with Crippen LogP contribution in [0.4, 0.5) is 0 Å². The molecule has 0 saturated heterocycles. The minimum atomic E-state index is 0.254. The maximum atomic E-state index is 4.63. The molecule has 0 amide bonds. The molecule has 1 saturated carbocycles. The molecule has 1 unspecified atom stereocenters. The van der Waals surface area contributed by atoms with Gasteiger partial charge in [0.2, 0.25) is 0 Å². The molecule has 2 aromatic rings. The van der Waals surface area contributed by atoms with Crippen molar-refractivity contribution in [1.29, 1.82) is 0 Å². The van der Waals surface area contributed by atoms with Gasteiger partial charge in [-0.25, -0.2) is 4.98 Å². The number of aromatic nitrogens is 5. The summed E-state index contributed by atoms with van der Waals surface area (Å²) in [6, 6.07) is 0.254. The van der Waals surface area contributed by atoms with E-state index in [1.807, 2.05) is 29.7 Å². The van der Waals surface area contributed by atoms with Crippen molar-refractivity contribution >= 4 is 0 Å². The minimum absolute atomic E-state index is 0.254. The maximum absolute atomic E-state index is 4.63. The van der Waals surface area contributed by atoms with Crippen LogP contribution in [-0.4, -0.2) is 24.5 Å². The van der Waals surface area contributed by atoms with Crippen molar-refractivity contribution in [1.82, 2.24) is 29.9 Å². The third-order valence-electron chi connectivity index (χ3n) is 4.12. The van der Waals surface area contributed by atoms with Crippen LogP contribution in [0.5, 0.6) is 0 Å². The van der Waals surface area contributed by atoms with Gasteiger partial charge < -0.3 is 5.32 Å². The first-order valence-electron chi connectivity index (χ1n) is 7.18. The van der Waals surface area contributed by atoms with Crippen LogP contribution in [0.25, 0.3) is 0 Å². The molecule has 20 heavy (non-hydrogen) atoms. The predicted octanol–water partition coefficient (Wildman–Crippen LogP) is 1.59. The topological polar surface area (TPSA) is 60.6 Å². The Morgan fingerprint density at radius 3 is 2.70 bits per heavy atom. The highest BCUT2D eigenvalue weighted by molar-refractivity contribution is 5.19. The normalized spacial score (nSPS) is 16.6. The zero-order valence-corrected chi connectivity index (χ0v) is 12.6. The van der Waals surface area contributed by atoms with Crippen molar-refractivity contribution in [2.24, 2.45) is 14.1 Å². The third-order valence-corrected chi connectivity index (χ3v) is 4.12. The zero-order valence-electron chi connectivity index (χ0n) is 12.6. The highest BCUT2D eigenvalue weighted by atomic mass is 15.3. The van der Waals surface area contributed by atoms with Crippen LogP contribution in [0, 0.1) is 6.92 Å². The quantitative estimate of drug-likeness (QED) is 0.899. The first-order valence-corrected chi connectivity index (χ1v) is 7.18. The summed E-state index contributed by atoms with van der Waals surface area (Å²) in [5, 5.41) is 12.3. The molecule has 0 aliphatic heterocycles. The van der Waals surface area contributed by atoms with Crippen LogP contribution >= 0.6 is 0 Å². The Hall–Kier alpha value is -1.69. The van der Waals surface area contributed by atoms with Crippen LogP contribution in [0.1, 0.15) is 54.6 Å². The maximum Gasteiger partial charge on any atom is 0.154 e. The molecule has 1 atom stereocenters. The van der Waals surface area contributed by atoms with Crippen molar-refractivity contribution in [3.63, 3.8) is 0 Å². The molecular formula is C14H22N6. The molecular weight excluding hydrogens is 252 g/mol. The van der Waals surface area contributed by atoms with Crippen molar-refractivity contribution in [3.8, 4) is 0 Å². The van der Waals surface area contributed by atoms with Crippen LogP contribution in [0.2, 0.25) is 0 Å². The monoisotopic (exact) mass is 274 g/mol. The Balaban J connectivity index is 1.65. The van der Waals surface area contributed by atoms with Gasteiger partial charge in [0.05, 0.1) is 12.7 Å². The first-order chi connectivity index (χ1) is 9.56. The highest BCUT2D eigenvalue weighted by Gasteiger charge is 2.28. The highest BCUT2D eigenvalue weighted by Crippen LogP contribution is 2.37. The molecule has 0 spiro atoms. The molecule has 0 bridgehead atoms. The Labute approximate surface area is 119 Å². The summed E-state index contributed by atoms with van der Waals surface area (Å²) >= 11 is 0. The van der Waals surface area contributed by atoms with E-state index in [9.17, 15) is 0 Å². The van der Waals surface area contributed by atoms with Crippen molar-refractivity contribution in [2.45, 2.75) is 45.2 Å². The summed E-state index contributed by atoms with van der Waals surface area (Å²) in [4.78, 5) is 4.63. The summed E-state index contributed by atoms with van der Waals surface area (Å²) in [5.41, 5.74) is 2.43. The van der Waals surface area contributed by atoms with Gasteiger partial charge in [0, 0.05) is 37.3 Å². The van der Waals surface area contributed by atoms with Crippen molar-refractivity contribution in [2.75, 3.05) is 0 Å². The second-order valence-electron chi connectivity index (χ2n) is 5.70. The van der Waals surface area contributed by atoms with E-state index >= 15 is 0 Å². The summed E-state index contributed by atoms with van der Waals surface area (Å²) in [6.45, 7) is 4.97. The zero-order chi connectivity index (χ0) is 14.3. The van der Waals surface area contributed by atoms with E-state index in [0.717, 1.165) is 18.2 Å². The summed E-state index contributed by atoms with van der Waals surface area (Å²) in [5.74, 6) is 2.61. The van der Waals surface area contributed by atoms with E-state index < -0.39 is 0 Å². The van der Waals surface area contributed by atoms with Gasteiger partial charge in [0.1, 0.15) is 5.82 Å². The number of hydrogen-bond donors (Lipinski definition) is 1. The Kier molecular flexibility index (Phi) is 3.33. The number of rotatable bonds is 5. The summed E-state index contributed by atoms with van der Waals surface area (Å²) in [7, 11) is 3.94. The average molecular weight is 274 g/mol. The molecule has 2 aromatic heterocycles. The van der Waals surface area contributed by atoms with Crippen LogP contribution in [-0.2, 0) is 20.6 Å². The fourth-order valence-electron chi connectivity index (χ4n) is 2.40. The number of hydrogen-bond acceptors (Lipinski definition) is 4. The smallest absolute Gasteiger partial charge is 0.154 e. The average Bonchev–Trinajstić information content (AvgIpc) is 3.13. The van der Waals surface area contributed by atoms with Gasteiger partial charge in [0.15, 0.2) is 5.82 Å². The Morgan fingerprint density at radius 1 is 1.35 bits per heavy atom. The lowest BCUT2D eigenvalue weighted by Gasteiger charge is -2.13. The summed E-state index contributed by atoms with van der Waals surface area (Å²) < 4.78 is 3.80. The second-order valence-corrected chi connectivity index (χ2v) is 5.70. The molecule has 1 aliphatic rings. The van der Waals surface area contributed by atoms with Crippen LogP contribution in [0.15, 0.2) is 6.20 Å². The lowest BCUT2D eigenvalue weighted by molar-refractivity contribution is 0.537. The molecule has 0 aromatic carbocycles. The van der Waals surface area contributed by atoms with Gasteiger partial charge >= 0.3 is 0 Å². The molecule has 3 rings (SSSR count). The SMILES string of the molecule is Cc1c(C(C)NCc2nc(C3CC3)nn2C)cnn1C. The van der Waals surface area contributed by atoms with Gasteiger partial charge in [-0.15, -0.1) is 0 Å². The van der Waals surface area contributed by atoms with Crippen molar-refractivity contribution < 1.29 is 0 Å². The standard InChI is InChI=1S/C14H22N6/c1-9(12-7-16-19(3)10(12)2)15-8-13-17-14(11-5-6-11)18-20(13)4/h7,9,11,15H,5-6,8H2,1-4H3. The Bertz CT molecular complexity index is 607. The number of nitrogens with one attached hydrogen (secondary N) is 1. The van der Waals surface area contributed by atoms with E-state index in [1.165, 1.54) is 24.1 Å². The lowest BCUT2D eigenvalue weighted by atomic mass is 10.1. The fourth-order valence-corrected chi connectivity index (χ4v) is 2.40. The molecule has 1 aliphatic carbocycles. The van der Waals surface area contributed by atoms with E-state index in [0.29, 0.717) is 5.92 Å². The van der Waals surface area contributed by atoms with Gasteiger partial charge in [-0.05, 0) is 26.7 Å². The molecule has 6 heteroatoms. The molecule has 1 fully saturated rings. The number of aryl methyl sites for hydroxylation is 2. The van der Waals surface area contributed by atoms with Crippen molar-refractivity contribution in [3.05, 3.63) is 29.1 Å². The van der Waals surface area contributed by atoms with Gasteiger partial charge in [-0.1, -0.05) is 0 Å². The lowest BCUT2D eigenvalue weighted by Crippen LogP contribution is -2.20. The molecule has 6 nitrogen and oxygen atoms in total. The van der Waals surface area contributed by atoms with Gasteiger partial charge in [-0.2, -0.15) is 10.2 Å². The molecule has 2 heterocycles. The van der Waals surface area contributed by atoms with E-state index in [2.05, 4.69) is 34.3 Å². The van der Waals surface area contributed by atoms with E-state index in [4.69, 9.17) is 0 Å². The summed E-state index contributed by atoms with van der Waals surface area (Å²) in [6.07, 6.45) is 4.41. The number of nitrogens with zero attached hydrogens (tertiary/aromatic N) is 5. The third kappa shape index (κ3) is 2.47.